The summed E-state index contributed by atoms with van der Waals surface area (Å²) in [4.78, 5) is 2.26. The lowest BCUT2D eigenvalue weighted by atomic mass is 10.0. The lowest BCUT2D eigenvalue weighted by Crippen LogP contribution is -2.10. The highest BCUT2D eigenvalue weighted by molar-refractivity contribution is 6.11. The summed E-state index contributed by atoms with van der Waals surface area (Å²) in [6.07, 6.45) is 0. The molecule has 8 rings (SSSR count). The van der Waals surface area contributed by atoms with E-state index >= 15 is 0 Å². The second-order valence-electron chi connectivity index (χ2n) is 9.75. The van der Waals surface area contributed by atoms with Crippen LogP contribution in [0.4, 0.5) is 17.1 Å². The van der Waals surface area contributed by atoms with Crippen LogP contribution in [-0.4, -0.2) is 0 Å². The minimum atomic E-state index is 0.874. The summed E-state index contributed by atoms with van der Waals surface area (Å²) in [5.74, 6) is 0. The Hall–Kier alpha value is -5.28. The Labute approximate surface area is 225 Å². The van der Waals surface area contributed by atoms with Crippen LogP contribution in [0.5, 0.6) is 0 Å². The van der Waals surface area contributed by atoms with Gasteiger partial charge in [0.05, 0.1) is 5.69 Å². The van der Waals surface area contributed by atoms with E-state index in [4.69, 9.17) is 8.83 Å². The van der Waals surface area contributed by atoms with Crippen molar-refractivity contribution < 1.29 is 8.83 Å². The monoisotopic (exact) mass is 501 g/mol. The topological polar surface area (TPSA) is 29.5 Å². The number of anilines is 3. The predicted molar refractivity (Wildman–Crippen MR) is 161 cm³/mol. The van der Waals surface area contributed by atoms with Gasteiger partial charge in [-0.3, -0.25) is 0 Å². The van der Waals surface area contributed by atoms with Gasteiger partial charge in [-0.15, -0.1) is 0 Å². The Morgan fingerprint density at radius 2 is 0.923 bits per heavy atom. The van der Waals surface area contributed by atoms with Gasteiger partial charge in [0.15, 0.2) is 5.58 Å². The molecule has 0 bridgehead atoms. The van der Waals surface area contributed by atoms with E-state index in [0.717, 1.165) is 72.1 Å². The lowest BCUT2D eigenvalue weighted by Gasteiger charge is -2.25. The zero-order chi connectivity index (χ0) is 25.8. The van der Waals surface area contributed by atoms with E-state index in [9.17, 15) is 0 Å². The minimum Gasteiger partial charge on any atom is -0.455 e. The van der Waals surface area contributed by atoms with Gasteiger partial charge in [0.2, 0.25) is 0 Å². The van der Waals surface area contributed by atoms with Gasteiger partial charge in [0, 0.05) is 38.5 Å². The van der Waals surface area contributed by atoms with Crippen LogP contribution in [0.1, 0.15) is 0 Å². The number of furan rings is 2. The maximum Gasteiger partial charge on any atom is 0.159 e. The first-order chi connectivity index (χ1) is 19.3. The molecule has 184 valence electrons. The summed E-state index contributed by atoms with van der Waals surface area (Å²) in [5.41, 5.74) is 8.90. The second-order valence-corrected chi connectivity index (χ2v) is 9.75. The zero-order valence-electron chi connectivity index (χ0n) is 21.0. The third kappa shape index (κ3) is 3.44. The number of hydrogen-bond acceptors (Lipinski definition) is 3. The van der Waals surface area contributed by atoms with Gasteiger partial charge in [-0.2, -0.15) is 0 Å². The quantitative estimate of drug-likeness (QED) is 0.240. The molecule has 0 radical (unpaired) electrons. The second kappa shape index (κ2) is 8.64. The average molecular weight is 502 g/mol. The smallest absolute Gasteiger partial charge is 0.159 e. The van der Waals surface area contributed by atoms with Crippen LogP contribution in [0.2, 0.25) is 0 Å². The highest BCUT2D eigenvalue weighted by Gasteiger charge is 2.19. The van der Waals surface area contributed by atoms with Gasteiger partial charge in [0.25, 0.3) is 0 Å². The van der Waals surface area contributed by atoms with E-state index in [2.05, 4.69) is 114 Å². The Bertz CT molecular complexity index is 2120. The Morgan fingerprint density at radius 1 is 0.385 bits per heavy atom. The van der Waals surface area contributed by atoms with Crippen LogP contribution in [0.3, 0.4) is 0 Å². The van der Waals surface area contributed by atoms with Gasteiger partial charge in [0.1, 0.15) is 16.7 Å². The number of hydrogen-bond donors (Lipinski definition) is 0. The molecule has 0 fully saturated rings. The highest BCUT2D eigenvalue weighted by atomic mass is 16.3. The lowest BCUT2D eigenvalue weighted by molar-refractivity contribution is 0.669. The molecule has 0 unspecified atom stereocenters. The maximum absolute atomic E-state index is 6.42. The standard InChI is InChI=1S/C36H23NO2/c1-2-10-25(11-3-1)37(32-17-9-16-31-29-13-5-7-19-34(29)39-36(31)32)26-22-20-24(21-23-26)27-14-8-15-30-28-12-4-6-18-33(28)38-35(27)30/h1-23H. The molecule has 3 heteroatoms. The van der Waals surface area contributed by atoms with E-state index in [-0.39, 0.29) is 0 Å². The molecule has 0 aliphatic carbocycles. The molecule has 6 aromatic carbocycles. The molecule has 39 heavy (non-hydrogen) atoms. The summed E-state index contributed by atoms with van der Waals surface area (Å²) < 4.78 is 12.7. The Morgan fingerprint density at radius 3 is 1.64 bits per heavy atom. The van der Waals surface area contributed by atoms with Crippen molar-refractivity contribution in [1.82, 2.24) is 0 Å². The highest BCUT2D eigenvalue weighted by Crippen LogP contribution is 2.43. The molecule has 0 amide bonds. The zero-order valence-corrected chi connectivity index (χ0v) is 21.0. The third-order valence-electron chi connectivity index (χ3n) is 7.48. The fraction of sp³-hybridized carbons (Fsp3) is 0. The maximum atomic E-state index is 6.42. The van der Waals surface area contributed by atoms with Gasteiger partial charge in [-0.05, 0) is 48.0 Å². The van der Waals surface area contributed by atoms with Crippen LogP contribution >= 0.6 is 0 Å². The summed E-state index contributed by atoms with van der Waals surface area (Å²) >= 11 is 0. The van der Waals surface area contributed by atoms with E-state index < -0.39 is 0 Å². The molecule has 0 aliphatic heterocycles. The number of rotatable bonds is 4. The molecule has 0 N–H and O–H groups in total. The molecular formula is C36H23NO2. The van der Waals surface area contributed by atoms with E-state index in [1.54, 1.807) is 0 Å². The molecule has 0 aliphatic rings. The molecular weight excluding hydrogens is 478 g/mol. The van der Waals surface area contributed by atoms with Crippen molar-refractivity contribution in [2.45, 2.75) is 0 Å². The first-order valence-electron chi connectivity index (χ1n) is 13.1. The third-order valence-corrected chi connectivity index (χ3v) is 7.48. The summed E-state index contributed by atoms with van der Waals surface area (Å²) in [6, 6.07) is 48.3. The molecule has 0 saturated heterocycles. The number of para-hydroxylation sites is 5. The fourth-order valence-corrected chi connectivity index (χ4v) is 5.68. The van der Waals surface area contributed by atoms with E-state index in [0.29, 0.717) is 0 Å². The first-order valence-corrected chi connectivity index (χ1v) is 13.1. The van der Waals surface area contributed by atoms with Crippen LogP contribution in [0.25, 0.3) is 55.0 Å². The summed E-state index contributed by atoms with van der Waals surface area (Å²) in [5, 5.41) is 4.50. The minimum absolute atomic E-state index is 0.874. The first kappa shape index (κ1) is 21.8. The van der Waals surface area contributed by atoms with E-state index in [1.165, 1.54) is 0 Å². The van der Waals surface area contributed by atoms with Crippen molar-refractivity contribution in [3.63, 3.8) is 0 Å². The molecule has 2 heterocycles. The predicted octanol–water partition coefficient (Wildman–Crippen LogP) is 10.6. The van der Waals surface area contributed by atoms with Crippen LogP contribution in [-0.2, 0) is 0 Å². The largest absolute Gasteiger partial charge is 0.455 e. The molecule has 0 saturated carbocycles. The Balaban J connectivity index is 1.29. The van der Waals surface area contributed by atoms with Gasteiger partial charge in [-0.25, -0.2) is 0 Å². The van der Waals surface area contributed by atoms with Crippen molar-refractivity contribution in [2.75, 3.05) is 4.90 Å². The molecule has 2 aromatic heterocycles. The van der Waals surface area contributed by atoms with Crippen LogP contribution in [0.15, 0.2) is 148 Å². The normalized spacial score (nSPS) is 11.6. The molecule has 0 spiro atoms. The fourth-order valence-electron chi connectivity index (χ4n) is 5.68. The molecule has 0 atom stereocenters. The van der Waals surface area contributed by atoms with Crippen LogP contribution in [0, 0.1) is 0 Å². The summed E-state index contributed by atoms with van der Waals surface area (Å²) in [6.45, 7) is 0. The number of nitrogens with zero attached hydrogens (tertiary/aromatic N) is 1. The number of fused-ring (bicyclic) bond motifs is 6. The van der Waals surface area contributed by atoms with E-state index in [1.807, 2.05) is 30.3 Å². The van der Waals surface area contributed by atoms with Crippen molar-refractivity contribution in [3.8, 4) is 11.1 Å². The average Bonchev–Trinajstić information content (AvgIpc) is 3.57. The molecule has 8 aromatic rings. The van der Waals surface area contributed by atoms with Gasteiger partial charge in [-0.1, -0.05) is 97.1 Å². The number of benzene rings is 6. The van der Waals surface area contributed by atoms with Crippen LogP contribution < -0.4 is 4.90 Å². The van der Waals surface area contributed by atoms with Crippen molar-refractivity contribution in [1.29, 1.82) is 0 Å². The SMILES string of the molecule is c1ccc(N(c2ccc(-c3cccc4c3oc3ccccc34)cc2)c2cccc3c2oc2ccccc23)cc1. The summed E-state index contributed by atoms with van der Waals surface area (Å²) in [7, 11) is 0. The molecule has 3 nitrogen and oxygen atoms in total. The van der Waals surface area contributed by atoms with Crippen molar-refractivity contribution in [2.24, 2.45) is 0 Å². The van der Waals surface area contributed by atoms with Crippen molar-refractivity contribution >= 4 is 60.9 Å². The Kier molecular flexibility index (Phi) is 4.82. The van der Waals surface area contributed by atoms with Crippen molar-refractivity contribution in [3.05, 3.63) is 140 Å². The van der Waals surface area contributed by atoms with Gasteiger partial charge >= 0.3 is 0 Å². The van der Waals surface area contributed by atoms with Gasteiger partial charge < -0.3 is 13.7 Å².